The van der Waals surface area contributed by atoms with Gasteiger partial charge in [0.05, 0.1) is 11.3 Å². The second-order valence-electron chi connectivity index (χ2n) is 10.1. The first kappa shape index (κ1) is 32.4. The van der Waals surface area contributed by atoms with Crippen molar-refractivity contribution in [1.29, 1.82) is 5.26 Å². The lowest BCUT2D eigenvalue weighted by molar-refractivity contribution is -0.114. The second kappa shape index (κ2) is 15.4. The Hall–Kier alpha value is -4.95. The van der Waals surface area contributed by atoms with Crippen LogP contribution in [0.1, 0.15) is 27.0 Å². The number of halogens is 1. The number of hydrogen-bond donors (Lipinski definition) is 3. The average Bonchev–Trinajstić information content (AvgIpc) is 3.46. The van der Waals surface area contributed by atoms with E-state index in [9.17, 15) is 19.6 Å². The highest BCUT2D eigenvalue weighted by molar-refractivity contribution is 9.10. The molecule has 0 bridgehead atoms. The van der Waals surface area contributed by atoms with Crippen molar-refractivity contribution >= 4 is 73.5 Å². The number of amides is 3. The van der Waals surface area contributed by atoms with Crippen molar-refractivity contribution in [3.63, 3.8) is 0 Å². The van der Waals surface area contributed by atoms with Gasteiger partial charge in [0.15, 0.2) is 0 Å². The summed E-state index contributed by atoms with van der Waals surface area (Å²) in [4.78, 5) is 40.0. The molecule has 5 aromatic rings. The summed E-state index contributed by atoms with van der Waals surface area (Å²) in [6.07, 6.45) is 1.61. The molecular formula is C36H27BrN4O3S2. The van der Waals surface area contributed by atoms with E-state index < -0.39 is 11.8 Å². The number of thioether (sulfide) groups is 1. The second-order valence-corrected chi connectivity index (χ2v) is 12.9. The number of nitriles is 1. The van der Waals surface area contributed by atoms with Crippen molar-refractivity contribution < 1.29 is 14.4 Å². The third kappa shape index (κ3) is 8.61. The molecule has 1 heterocycles. The lowest BCUT2D eigenvalue weighted by Gasteiger charge is -2.12. The number of hydrogen-bond acceptors (Lipinski definition) is 6. The largest absolute Gasteiger partial charge is 0.321 e. The zero-order chi connectivity index (χ0) is 32.5. The third-order valence-electron chi connectivity index (χ3n) is 6.67. The van der Waals surface area contributed by atoms with Gasteiger partial charge >= 0.3 is 0 Å². The lowest BCUT2D eigenvalue weighted by atomic mass is 10.0. The molecule has 46 heavy (non-hydrogen) atoms. The predicted molar refractivity (Wildman–Crippen MR) is 190 cm³/mol. The van der Waals surface area contributed by atoms with Gasteiger partial charge in [-0.25, -0.2) is 0 Å². The number of nitrogens with zero attached hydrogens (tertiary/aromatic N) is 1. The highest BCUT2D eigenvalue weighted by Crippen LogP contribution is 2.35. The van der Waals surface area contributed by atoms with Crippen molar-refractivity contribution in [2.24, 2.45) is 0 Å². The van der Waals surface area contributed by atoms with Crippen LogP contribution in [-0.4, -0.2) is 23.5 Å². The van der Waals surface area contributed by atoms with Gasteiger partial charge in [0.25, 0.3) is 11.8 Å². The molecule has 0 aliphatic heterocycles. The molecule has 10 heteroatoms. The molecule has 0 saturated heterocycles. The molecule has 5 rings (SSSR count). The van der Waals surface area contributed by atoms with E-state index in [0.29, 0.717) is 21.8 Å². The smallest absolute Gasteiger partial charge is 0.272 e. The van der Waals surface area contributed by atoms with Crippen LogP contribution in [0.25, 0.3) is 17.2 Å². The van der Waals surface area contributed by atoms with Crippen molar-refractivity contribution in [2.75, 3.05) is 16.4 Å². The molecule has 3 N–H and O–H groups in total. The Balaban J connectivity index is 1.25. The van der Waals surface area contributed by atoms with Crippen molar-refractivity contribution in [2.45, 2.75) is 11.8 Å². The average molecular weight is 708 g/mol. The van der Waals surface area contributed by atoms with Crippen molar-refractivity contribution in [3.05, 3.63) is 141 Å². The van der Waals surface area contributed by atoms with Gasteiger partial charge in [0.2, 0.25) is 5.91 Å². The summed E-state index contributed by atoms with van der Waals surface area (Å²) in [6, 6.07) is 33.2. The Morgan fingerprint density at radius 2 is 1.67 bits per heavy atom. The topological polar surface area (TPSA) is 111 Å². The van der Waals surface area contributed by atoms with E-state index in [1.165, 1.54) is 23.1 Å². The summed E-state index contributed by atoms with van der Waals surface area (Å²) in [5.41, 5.74) is 4.97. The summed E-state index contributed by atoms with van der Waals surface area (Å²) >= 11 is 6.05. The van der Waals surface area contributed by atoms with Crippen molar-refractivity contribution in [1.82, 2.24) is 5.32 Å². The van der Waals surface area contributed by atoms with Crippen LogP contribution in [0.4, 0.5) is 10.7 Å². The number of thiophene rings is 1. The predicted octanol–water partition coefficient (Wildman–Crippen LogP) is 8.50. The van der Waals surface area contributed by atoms with Gasteiger partial charge < -0.3 is 16.0 Å². The zero-order valence-electron chi connectivity index (χ0n) is 24.5. The minimum atomic E-state index is -0.504. The SMILES string of the molecule is Cc1ccc(-c2csc(NC(=O)CSc3cccc(NC(=O)/C(=C\c4cccc(Br)c4)NC(=O)c4ccccc4)c3)c2C#N)cc1. The number of benzene rings is 4. The van der Waals surface area contributed by atoms with E-state index in [4.69, 9.17) is 0 Å². The van der Waals surface area contributed by atoms with Crippen LogP contribution in [0.15, 0.2) is 124 Å². The third-order valence-corrected chi connectivity index (χ3v) is 9.05. The molecule has 7 nitrogen and oxygen atoms in total. The maximum Gasteiger partial charge on any atom is 0.272 e. The lowest BCUT2D eigenvalue weighted by Crippen LogP contribution is -2.30. The van der Waals surface area contributed by atoms with E-state index in [0.717, 1.165) is 31.6 Å². The Labute approximate surface area is 283 Å². The first-order valence-electron chi connectivity index (χ1n) is 14.1. The number of rotatable bonds is 10. The van der Waals surface area contributed by atoms with Crippen LogP contribution in [0.2, 0.25) is 0 Å². The maximum absolute atomic E-state index is 13.4. The minimum Gasteiger partial charge on any atom is -0.321 e. The Morgan fingerprint density at radius 1 is 0.913 bits per heavy atom. The van der Waals surface area contributed by atoms with E-state index in [2.05, 4.69) is 37.9 Å². The van der Waals surface area contributed by atoms with Crippen LogP contribution in [0.5, 0.6) is 0 Å². The van der Waals surface area contributed by atoms with E-state index >= 15 is 0 Å². The highest BCUT2D eigenvalue weighted by atomic mass is 79.9. The monoisotopic (exact) mass is 706 g/mol. The van der Waals surface area contributed by atoms with E-state index in [-0.39, 0.29) is 17.4 Å². The molecule has 0 atom stereocenters. The van der Waals surface area contributed by atoms with Gasteiger partial charge in [-0.1, -0.05) is 82.2 Å². The molecule has 0 unspecified atom stereocenters. The summed E-state index contributed by atoms with van der Waals surface area (Å²) in [7, 11) is 0. The Kier molecular flexibility index (Phi) is 10.8. The number of anilines is 2. The van der Waals surface area contributed by atoms with E-state index in [1.54, 1.807) is 48.5 Å². The Bertz CT molecular complexity index is 1970. The molecule has 0 aliphatic carbocycles. The highest BCUT2D eigenvalue weighted by Gasteiger charge is 2.17. The number of nitrogens with one attached hydrogen (secondary N) is 3. The molecule has 0 saturated carbocycles. The maximum atomic E-state index is 13.4. The zero-order valence-corrected chi connectivity index (χ0v) is 27.8. The summed E-state index contributed by atoms with van der Waals surface area (Å²) < 4.78 is 0.832. The normalized spacial score (nSPS) is 10.9. The van der Waals surface area contributed by atoms with Crippen molar-refractivity contribution in [3.8, 4) is 17.2 Å². The summed E-state index contributed by atoms with van der Waals surface area (Å²) in [5.74, 6) is -1.07. The minimum absolute atomic E-state index is 0.0682. The number of carbonyl (C=O) groups excluding carboxylic acids is 3. The number of carbonyl (C=O) groups is 3. The van der Waals surface area contributed by atoms with Crippen LogP contribution in [0, 0.1) is 18.3 Å². The van der Waals surface area contributed by atoms with Gasteiger partial charge in [-0.15, -0.1) is 23.1 Å². The standard InChI is InChI=1S/C36H27BrN4O3S2/c1-23-13-15-25(16-14-23)31-21-46-36(30(31)20-38)41-33(42)22-45-29-12-6-11-28(19-29)39-35(44)32(18-24-7-5-10-27(37)17-24)40-34(43)26-8-3-2-4-9-26/h2-19,21H,22H2,1H3,(H,39,44)(H,40,43)(H,41,42)/b32-18+. The molecule has 0 radical (unpaired) electrons. The summed E-state index contributed by atoms with van der Waals surface area (Å²) in [6.45, 7) is 2.00. The van der Waals surface area contributed by atoms with Crippen LogP contribution >= 0.6 is 39.0 Å². The van der Waals surface area contributed by atoms with Gasteiger partial charge in [0, 0.05) is 31.6 Å². The Morgan fingerprint density at radius 3 is 2.41 bits per heavy atom. The molecule has 228 valence electrons. The van der Waals surface area contributed by atoms with Crippen LogP contribution < -0.4 is 16.0 Å². The quantitative estimate of drug-likeness (QED) is 0.0996. The molecular weight excluding hydrogens is 680 g/mol. The van der Waals surface area contributed by atoms with E-state index in [1.807, 2.05) is 73.0 Å². The fourth-order valence-corrected chi connectivity index (χ4v) is 6.49. The van der Waals surface area contributed by atoms with Gasteiger partial charge in [-0.3, -0.25) is 14.4 Å². The fourth-order valence-electron chi connectivity index (χ4n) is 4.39. The molecule has 0 fully saturated rings. The molecule has 4 aromatic carbocycles. The van der Waals surface area contributed by atoms with Crippen LogP contribution in [-0.2, 0) is 9.59 Å². The number of aryl methyl sites for hydroxylation is 1. The first-order valence-corrected chi connectivity index (χ1v) is 16.7. The molecule has 3 amide bonds. The van der Waals surface area contributed by atoms with Gasteiger partial charge in [-0.2, -0.15) is 5.26 Å². The molecule has 1 aromatic heterocycles. The van der Waals surface area contributed by atoms with Crippen LogP contribution in [0.3, 0.4) is 0 Å². The summed E-state index contributed by atoms with van der Waals surface area (Å²) in [5, 5.41) is 20.6. The van der Waals surface area contributed by atoms with Gasteiger partial charge in [0.1, 0.15) is 16.8 Å². The van der Waals surface area contributed by atoms with Gasteiger partial charge in [-0.05, 0) is 66.6 Å². The first-order chi connectivity index (χ1) is 22.3. The molecule has 0 aliphatic rings. The molecule has 0 spiro atoms. The fraction of sp³-hybridized carbons (Fsp3) is 0.0556.